The summed E-state index contributed by atoms with van der Waals surface area (Å²) in [5.41, 5.74) is 0.672. The predicted octanol–water partition coefficient (Wildman–Crippen LogP) is 3.62. The van der Waals surface area contributed by atoms with Crippen molar-refractivity contribution in [1.82, 2.24) is 20.9 Å². The van der Waals surface area contributed by atoms with Crippen molar-refractivity contribution in [3.05, 3.63) is 48.0 Å². The Morgan fingerprint density at radius 3 is 2.46 bits per heavy atom. The Balaban J connectivity index is 1.35. The van der Waals surface area contributed by atoms with Gasteiger partial charge < -0.3 is 20.9 Å². The molecule has 1 saturated heterocycles. The summed E-state index contributed by atoms with van der Waals surface area (Å²) >= 11 is 0. The largest absolute Gasteiger partial charge is 0.347 e. The van der Waals surface area contributed by atoms with E-state index in [-0.39, 0.29) is 41.8 Å². The minimum absolute atomic E-state index is 0.0175. The molecule has 3 N–H and O–H groups in total. The molecule has 2 saturated carbocycles. The highest BCUT2D eigenvalue weighted by Crippen LogP contribution is 2.39. The van der Waals surface area contributed by atoms with Gasteiger partial charge in [-0.1, -0.05) is 55.7 Å². The van der Waals surface area contributed by atoms with Crippen LogP contribution < -0.4 is 16.0 Å². The van der Waals surface area contributed by atoms with Crippen LogP contribution in [0.5, 0.6) is 0 Å². The lowest BCUT2D eigenvalue weighted by Gasteiger charge is -2.37. The molecule has 2 aromatic carbocycles. The molecule has 3 amide bonds. The van der Waals surface area contributed by atoms with Crippen molar-refractivity contribution in [3.63, 3.8) is 0 Å². The summed E-state index contributed by atoms with van der Waals surface area (Å²) in [5.74, 6) is 0.373. The number of carbonyl (C=O) groups is 3. The third kappa shape index (κ3) is 5.24. The molecule has 3 fully saturated rings. The smallest absolute Gasteiger partial charge is 0.252 e. The molecule has 0 aromatic heterocycles. The van der Waals surface area contributed by atoms with Gasteiger partial charge in [-0.25, -0.2) is 0 Å². The molecule has 37 heavy (non-hydrogen) atoms. The molecular weight excluding hydrogens is 464 g/mol. The van der Waals surface area contributed by atoms with Crippen molar-refractivity contribution in [3.8, 4) is 0 Å². The highest BCUT2D eigenvalue weighted by Gasteiger charge is 2.48. The summed E-state index contributed by atoms with van der Waals surface area (Å²) in [6, 6.07) is 12.8. The van der Waals surface area contributed by atoms with Crippen LogP contribution in [0.1, 0.15) is 68.6 Å². The van der Waals surface area contributed by atoms with Crippen LogP contribution in [0.3, 0.4) is 0 Å². The second kappa shape index (κ2) is 11.2. The molecule has 3 aliphatic rings. The van der Waals surface area contributed by atoms with Gasteiger partial charge in [-0.05, 0) is 74.8 Å². The molecule has 7 nitrogen and oxygen atoms in total. The summed E-state index contributed by atoms with van der Waals surface area (Å²) in [6.07, 6.45) is 8.15. The standard InChI is InChI=1S/C30H40N4O3/c1-19(31-2)28(35)33-26(21-10-4-3-5-11-21)30(37)34-18-17-22-15-16-25(27(22)34)32-29(36)24-14-8-12-20-9-6-7-13-23(20)24/h6-9,12-14,19,21-22,25-27,31H,3-5,10-11,15-18H2,1-2H3,(H,32,36)(H,33,35)/t19-,22+,25?,26-,27?/m0/s1. The van der Waals surface area contributed by atoms with Gasteiger partial charge in [0, 0.05) is 18.2 Å². The maximum Gasteiger partial charge on any atom is 0.252 e. The fourth-order valence-electron chi connectivity index (χ4n) is 6.83. The first-order valence-electron chi connectivity index (χ1n) is 14.0. The summed E-state index contributed by atoms with van der Waals surface area (Å²) in [5, 5.41) is 11.4. The van der Waals surface area contributed by atoms with Gasteiger partial charge in [0.1, 0.15) is 6.04 Å². The average Bonchev–Trinajstić information content (AvgIpc) is 3.54. The Morgan fingerprint density at radius 1 is 0.919 bits per heavy atom. The van der Waals surface area contributed by atoms with E-state index < -0.39 is 6.04 Å². The fraction of sp³-hybridized carbons (Fsp3) is 0.567. The molecule has 2 aromatic rings. The summed E-state index contributed by atoms with van der Waals surface area (Å²) in [4.78, 5) is 42.4. The molecule has 7 heteroatoms. The van der Waals surface area contributed by atoms with Crippen molar-refractivity contribution >= 4 is 28.5 Å². The van der Waals surface area contributed by atoms with Crippen molar-refractivity contribution in [2.24, 2.45) is 11.8 Å². The first kappa shape index (κ1) is 25.7. The molecule has 0 bridgehead atoms. The zero-order valence-corrected chi connectivity index (χ0v) is 22.0. The summed E-state index contributed by atoms with van der Waals surface area (Å²) < 4.78 is 0. The second-order valence-corrected chi connectivity index (χ2v) is 11.1. The van der Waals surface area contributed by atoms with E-state index >= 15 is 0 Å². The predicted molar refractivity (Wildman–Crippen MR) is 145 cm³/mol. The van der Waals surface area contributed by atoms with Crippen LogP contribution in [0.15, 0.2) is 42.5 Å². The molecule has 5 rings (SSSR count). The fourth-order valence-corrected chi connectivity index (χ4v) is 6.83. The molecule has 1 aliphatic heterocycles. The average molecular weight is 505 g/mol. The van der Waals surface area contributed by atoms with E-state index in [0.717, 1.165) is 55.7 Å². The van der Waals surface area contributed by atoms with Crippen molar-refractivity contribution < 1.29 is 14.4 Å². The van der Waals surface area contributed by atoms with Crippen molar-refractivity contribution in [2.75, 3.05) is 13.6 Å². The number of hydrogen-bond donors (Lipinski definition) is 3. The lowest BCUT2D eigenvalue weighted by Crippen LogP contribution is -2.59. The number of benzene rings is 2. The van der Waals surface area contributed by atoms with Crippen molar-refractivity contribution in [2.45, 2.75) is 82.5 Å². The molecule has 2 aliphatic carbocycles. The van der Waals surface area contributed by atoms with Gasteiger partial charge in [-0.15, -0.1) is 0 Å². The normalized spacial score (nSPS) is 25.5. The molecular formula is C30H40N4O3. The second-order valence-electron chi connectivity index (χ2n) is 11.1. The van der Waals surface area contributed by atoms with Crippen LogP contribution in [0.4, 0.5) is 0 Å². The van der Waals surface area contributed by atoms with E-state index in [0.29, 0.717) is 18.0 Å². The number of nitrogens with zero attached hydrogens (tertiary/aromatic N) is 1. The number of fused-ring (bicyclic) bond motifs is 2. The highest BCUT2D eigenvalue weighted by molar-refractivity contribution is 6.07. The van der Waals surface area contributed by atoms with Crippen LogP contribution in [0.2, 0.25) is 0 Å². The SMILES string of the molecule is CN[C@@H](C)C(=O)N[C@H](C(=O)N1CC[C@H]2CCC(NC(=O)c3cccc4ccccc34)C21)C1CCCCC1. The summed E-state index contributed by atoms with van der Waals surface area (Å²) in [7, 11) is 1.76. The Morgan fingerprint density at radius 2 is 1.68 bits per heavy atom. The van der Waals surface area contributed by atoms with Gasteiger partial charge >= 0.3 is 0 Å². The van der Waals surface area contributed by atoms with E-state index in [1.807, 2.05) is 54.3 Å². The zero-order valence-electron chi connectivity index (χ0n) is 22.0. The number of rotatable bonds is 7. The molecule has 5 atom stereocenters. The maximum atomic E-state index is 14.1. The zero-order chi connectivity index (χ0) is 25.9. The lowest BCUT2D eigenvalue weighted by atomic mass is 9.83. The Kier molecular flexibility index (Phi) is 7.79. The van der Waals surface area contributed by atoms with E-state index in [9.17, 15) is 14.4 Å². The van der Waals surface area contributed by atoms with E-state index in [1.165, 1.54) is 6.42 Å². The molecule has 198 valence electrons. The van der Waals surface area contributed by atoms with Crippen molar-refractivity contribution in [1.29, 1.82) is 0 Å². The number of likely N-dealkylation sites (N-methyl/N-ethyl adjacent to an activating group) is 1. The number of amides is 3. The summed E-state index contributed by atoms with van der Waals surface area (Å²) in [6.45, 7) is 2.51. The molecule has 0 radical (unpaired) electrons. The van der Waals surface area contributed by atoms with Crippen LogP contribution in [-0.2, 0) is 9.59 Å². The number of hydrogen-bond acceptors (Lipinski definition) is 4. The third-order valence-electron chi connectivity index (χ3n) is 8.99. The van der Waals surface area contributed by atoms with Crippen LogP contribution in [0, 0.1) is 11.8 Å². The van der Waals surface area contributed by atoms with E-state index in [2.05, 4.69) is 16.0 Å². The maximum absolute atomic E-state index is 14.1. The minimum atomic E-state index is -0.502. The monoisotopic (exact) mass is 504 g/mol. The van der Waals surface area contributed by atoms with E-state index in [4.69, 9.17) is 0 Å². The Bertz CT molecular complexity index is 1140. The van der Waals surface area contributed by atoms with E-state index in [1.54, 1.807) is 7.05 Å². The number of likely N-dealkylation sites (tertiary alicyclic amines) is 1. The van der Waals surface area contributed by atoms with Gasteiger partial charge in [0.2, 0.25) is 11.8 Å². The number of nitrogens with one attached hydrogen (secondary N) is 3. The van der Waals surface area contributed by atoms with Gasteiger partial charge in [0.15, 0.2) is 0 Å². The lowest BCUT2D eigenvalue weighted by molar-refractivity contribution is -0.140. The molecule has 2 unspecified atom stereocenters. The molecule has 0 spiro atoms. The highest BCUT2D eigenvalue weighted by atomic mass is 16.2. The minimum Gasteiger partial charge on any atom is -0.347 e. The topological polar surface area (TPSA) is 90.5 Å². The van der Waals surface area contributed by atoms with Gasteiger partial charge in [-0.3, -0.25) is 14.4 Å². The van der Waals surface area contributed by atoms with Crippen LogP contribution >= 0.6 is 0 Å². The van der Waals surface area contributed by atoms with Gasteiger partial charge in [0.05, 0.1) is 12.1 Å². The van der Waals surface area contributed by atoms with Gasteiger partial charge in [-0.2, -0.15) is 0 Å². The van der Waals surface area contributed by atoms with Gasteiger partial charge in [0.25, 0.3) is 5.91 Å². The quantitative estimate of drug-likeness (QED) is 0.537. The van der Waals surface area contributed by atoms with Crippen LogP contribution in [0.25, 0.3) is 10.8 Å². The number of carbonyl (C=O) groups excluding carboxylic acids is 3. The Labute approximate surface area is 219 Å². The Hall–Kier alpha value is -2.93. The van der Waals surface area contributed by atoms with Crippen LogP contribution in [-0.4, -0.2) is 60.4 Å². The third-order valence-corrected chi connectivity index (χ3v) is 8.99. The molecule has 1 heterocycles. The first-order chi connectivity index (χ1) is 18.0. The first-order valence-corrected chi connectivity index (χ1v) is 14.0.